The third-order valence-electron chi connectivity index (χ3n) is 5.90. The largest absolute Gasteiger partial charge is 0.389 e. The van der Waals surface area contributed by atoms with E-state index in [1.54, 1.807) is 11.8 Å². The summed E-state index contributed by atoms with van der Waals surface area (Å²) in [6.45, 7) is 1.93. The topological polar surface area (TPSA) is 110 Å². The minimum Gasteiger partial charge on any atom is -0.389 e. The standard InChI is InChI=1S/C22H22ClN5O2S/c1-11-14-6-7-28(21(14)26-10-25-11)22-19(30)18(29)17(31-22)5-3-12-2-4-13-9-15(23)20(24)27-16(13)8-12/h2,4,6-10,17-19,22,29-30H,3,5H2,1H3,(H2,24,27)/t17-,18+,19+,22+/m0/s1. The van der Waals surface area contributed by atoms with Crippen molar-refractivity contribution in [2.45, 2.75) is 42.6 Å². The first-order chi connectivity index (χ1) is 14.9. The lowest BCUT2D eigenvalue weighted by Gasteiger charge is -2.17. The lowest BCUT2D eigenvalue weighted by atomic mass is 10.0. The van der Waals surface area contributed by atoms with E-state index in [9.17, 15) is 10.2 Å². The van der Waals surface area contributed by atoms with Gasteiger partial charge in [-0.2, -0.15) is 0 Å². The number of hydrogen-bond acceptors (Lipinski definition) is 7. The predicted molar refractivity (Wildman–Crippen MR) is 124 cm³/mol. The average Bonchev–Trinajstić information content (AvgIpc) is 3.30. The van der Waals surface area contributed by atoms with Crippen LogP contribution in [0, 0.1) is 6.92 Å². The number of hydrogen-bond donors (Lipinski definition) is 3. The quantitative estimate of drug-likeness (QED) is 0.432. The van der Waals surface area contributed by atoms with Crippen LogP contribution in [0.5, 0.6) is 0 Å². The summed E-state index contributed by atoms with van der Waals surface area (Å²) in [5, 5.41) is 23.4. The summed E-state index contributed by atoms with van der Waals surface area (Å²) in [5.74, 6) is 0.317. The van der Waals surface area contributed by atoms with E-state index in [0.717, 1.165) is 46.0 Å². The highest BCUT2D eigenvalue weighted by atomic mass is 35.5. The van der Waals surface area contributed by atoms with Crippen LogP contribution in [0.25, 0.3) is 21.9 Å². The van der Waals surface area contributed by atoms with Crippen LogP contribution < -0.4 is 5.73 Å². The Morgan fingerprint density at radius 1 is 1.16 bits per heavy atom. The van der Waals surface area contributed by atoms with Crippen molar-refractivity contribution in [3.63, 3.8) is 0 Å². The van der Waals surface area contributed by atoms with Gasteiger partial charge < -0.3 is 20.5 Å². The van der Waals surface area contributed by atoms with Gasteiger partial charge in [-0.1, -0.05) is 23.7 Å². The van der Waals surface area contributed by atoms with E-state index < -0.39 is 12.2 Å². The Morgan fingerprint density at radius 2 is 2.00 bits per heavy atom. The molecule has 0 amide bonds. The third-order valence-corrected chi connectivity index (χ3v) is 7.85. The number of anilines is 1. The van der Waals surface area contributed by atoms with Crippen molar-refractivity contribution in [1.82, 2.24) is 19.5 Å². The molecule has 0 spiro atoms. The number of thioether (sulfide) groups is 1. The molecule has 4 aromatic rings. The summed E-state index contributed by atoms with van der Waals surface area (Å²) >= 11 is 7.64. The maximum Gasteiger partial charge on any atom is 0.144 e. The van der Waals surface area contributed by atoms with Gasteiger partial charge >= 0.3 is 0 Å². The van der Waals surface area contributed by atoms with Crippen LogP contribution >= 0.6 is 23.4 Å². The molecule has 160 valence electrons. The number of fused-ring (bicyclic) bond motifs is 2. The van der Waals surface area contributed by atoms with E-state index in [4.69, 9.17) is 17.3 Å². The minimum atomic E-state index is -0.874. The van der Waals surface area contributed by atoms with E-state index >= 15 is 0 Å². The molecule has 0 saturated carbocycles. The van der Waals surface area contributed by atoms with Crippen LogP contribution in [0.3, 0.4) is 0 Å². The molecule has 1 aliphatic rings. The molecule has 3 aromatic heterocycles. The van der Waals surface area contributed by atoms with Gasteiger partial charge in [-0.25, -0.2) is 15.0 Å². The highest BCUT2D eigenvalue weighted by Gasteiger charge is 2.43. The number of rotatable bonds is 4. The molecule has 1 saturated heterocycles. The van der Waals surface area contributed by atoms with Gasteiger partial charge in [-0.15, -0.1) is 11.8 Å². The summed E-state index contributed by atoms with van der Waals surface area (Å²) in [4.78, 5) is 13.0. The molecule has 5 rings (SSSR count). The SMILES string of the molecule is Cc1ncnc2c1ccn2[C@@H]1S[C@@H](CCc2ccc3cc(Cl)c(N)nc3c2)[C@@H](O)[C@H]1O. The van der Waals surface area contributed by atoms with Gasteiger partial charge in [0.15, 0.2) is 0 Å². The number of aliphatic hydroxyl groups is 2. The van der Waals surface area contributed by atoms with Gasteiger partial charge in [0.1, 0.15) is 29.3 Å². The number of nitrogens with two attached hydrogens (primary N) is 1. The third kappa shape index (κ3) is 3.63. The van der Waals surface area contributed by atoms with E-state index in [-0.39, 0.29) is 10.6 Å². The molecule has 7 nitrogen and oxygen atoms in total. The van der Waals surface area contributed by atoms with Crippen LogP contribution in [0.1, 0.15) is 23.1 Å². The highest BCUT2D eigenvalue weighted by molar-refractivity contribution is 8.00. The fourth-order valence-electron chi connectivity index (χ4n) is 4.17. The lowest BCUT2D eigenvalue weighted by molar-refractivity contribution is 0.0176. The molecular weight excluding hydrogens is 434 g/mol. The van der Waals surface area contributed by atoms with E-state index in [0.29, 0.717) is 10.8 Å². The molecule has 31 heavy (non-hydrogen) atoms. The first-order valence-electron chi connectivity index (χ1n) is 10.1. The first-order valence-corrected chi connectivity index (χ1v) is 11.4. The zero-order valence-corrected chi connectivity index (χ0v) is 18.4. The fraction of sp³-hybridized carbons (Fsp3) is 0.318. The molecule has 4 N–H and O–H groups in total. The zero-order chi connectivity index (χ0) is 21.7. The van der Waals surface area contributed by atoms with Gasteiger partial charge in [0, 0.05) is 22.2 Å². The molecule has 4 heterocycles. The Hall–Kier alpha value is -2.39. The van der Waals surface area contributed by atoms with Crippen molar-refractivity contribution in [2.75, 3.05) is 5.73 Å². The molecule has 4 atom stereocenters. The van der Waals surface area contributed by atoms with Crippen molar-refractivity contribution < 1.29 is 10.2 Å². The van der Waals surface area contributed by atoms with Crippen molar-refractivity contribution >= 4 is 51.1 Å². The number of aliphatic hydroxyl groups excluding tert-OH is 2. The number of aryl methyl sites for hydroxylation is 2. The van der Waals surface area contributed by atoms with Gasteiger partial charge in [0.05, 0.1) is 22.3 Å². The second-order valence-corrected chi connectivity index (χ2v) is 9.65. The van der Waals surface area contributed by atoms with Crippen LogP contribution in [-0.2, 0) is 6.42 Å². The zero-order valence-electron chi connectivity index (χ0n) is 16.8. The van der Waals surface area contributed by atoms with Gasteiger partial charge in [-0.05, 0) is 43.5 Å². The Bertz CT molecular complexity index is 1280. The molecule has 0 radical (unpaired) electrons. The van der Waals surface area contributed by atoms with Crippen molar-refractivity contribution in [3.8, 4) is 0 Å². The first kappa shape index (κ1) is 20.5. The van der Waals surface area contributed by atoms with Crippen molar-refractivity contribution in [3.05, 3.63) is 59.1 Å². The molecule has 1 fully saturated rings. The van der Waals surface area contributed by atoms with Crippen LogP contribution in [0.2, 0.25) is 5.02 Å². The van der Waals surface area contributed by atoms with Crippen molar-refractivity contribution in [1.29, 1.82) is 0 Å². The summed E-state index contributed by atoms with van der Waals surface area (Å²) < 4.78 is 1.94. The number of pyridine rings is 1. The summed E-state index contributed by atoms with van der Waals surface area (Å²) in [6, 6.07) is 9.79. The van der Waals surface area contributed by atoms with Crippen LogP contribution in [0.15, 0.2) is 42.9 Å². The van der Waals surface area contributed by atoms with Crippen LogP contribution in [-0.4, -0.2) is 47.2 Å². The summed E-state index contributed by atoms with van der Waals surface area (Å²) in [5.41, 5.74) is 9.40. The monoisotopic (exact) mass is 455 g/mol. The fourth-order valence-corrected chi connectivity index (χ4v) is 5.88. The van der Waals surface area contributed by atoms with Gasteiger partial charge in [0.2, 0.25) is 0 Å². The molecule has 0 unspecified atom stereocenters. The number of nitrogen functional groups attached to an aromatic ring is 1. The molecule has 0 bridgehead atoms. The Balaban J connectivity index is 1.34. The molecular formula is C22H22ClN5O2S. The van der Waals surface area contributed by atoms with E-state index in [1.807, 2.05) is 48.0 Å². The van der Waals surface area contributed by atoms with E-state index in [1.165, 1.54) is 6.33 Å². The Labute approximate surface area is 188 Å². The highest BCUT2D eigenvalue weighted by Crippen LogP contribution is 2.45. The smallest absolute Gasteiger partial charge is 0.144 e. The number of benzene rings is 1. The van der Waals surface area contributed by atoms with Gasteiger partial charge in [-0.3, -0.25) is 0 Å². The second-order valence-electron chi connectivity index (χ2n) is 7.89. The molecule has 0 aliphatic carbocycles. The maximum absolute atomic E-state index is 10.8. The molecule has 1 aliphatic heterocycles. The van der Waals surface area contributed by atoms with Crippen LogP contribution in [0.4, 0.5) is 5.82 Å². The number of halogens is 1. The van der Waals surface area contributed by atoms with Crippen molar-refractivity contribution in [2.24, 2.45) is 0 Å². The number of nitrogens with zero attached hydrogens (tertiary/aromatic N) is 4. The molecule has 1 aromatic carbocycles. The van der Waals surface area contributed by atoms with Gasteiger partial charge in [0.25, 0.3) is 0 Å². The Morgan fingerprint density at radius 3 is 2.84 bits per heavy atom. The lowest BCUT2D eigenvalue weighted by Crippen LogP contribution is -2.31. The number of aromatic nitrogens is 4. The second kappa shape index (κ2) is 7.94. The minimum absolute atomic E-state index is 0.0978. The van der Waals surface area contributed by atoms with E-state index in [2.05, 4.69) is 15.0 Å². The normalized spacial score (nSPS) is 23.7. The summed E-state index contributed by atoms with van der Waals surface area (Å²) in [7, 11) is 0. The average molecular weight is 456 g/mol. The summed E-state index contributed by atoms with van der Waals surface area (Å²) in [6.07, 6.45) is 3.22. The molecule has 9 heteroatoms. The maximum atomic E-state index is 10.8. The predicted octanol–water partition coefficient (Wildman–Crippen LogP) is 3.49. The Kier molecular flexibility index (Phi) is 5.26.